The van der Waals surface area contributed by atoms with E-state index in [2.05, 4.69) is 10.6 Å². The number of carbonyl (C=O) groups is 2. The van der Waals surface area contributed by atoms with Crippen molar-refractivity contribution in [2.75, 3.05) is 18.4 Å². The molecule has 126 valence electrons. The van der Waals surface area contributed by atoms with Gasteiger partial charge in [-0.2, -0.15) is 0 Å². The summed E-state index contributed by atoms with van der Waals surface area (Å²) < 4.78 is 0. The fourth-order valence-corrected chi connectivity index (χ4v) is 3.65. The van der Waals surface area contributed by atoms with Crippen LogP contribution in [0.15, 0.2) is 29.6 Å². The highest BCUT2D eigenvalue weighted by Crippen LogP contribution is 2.26. The van der Waals surface area contributed by atoms with E-state index < -0.39 is 0 Å². The molecule has 0 fully saturated rings. The average Bonchev–Trinajstić information content (AvgIpc) is 3.23. The van der Waals surface area contributed by atoms with Gasteiger partial charge in [0.2, 0.25) is 0 Å². The first-order valence-electron chi connectivity index (χ1n) is 8.18. The normalized spacial score (nSPS) is 12.7. The van der Waals surface area contributed by atoms with Crippen LogP contribution < -0.4 is 16.4 Å². The third kappa shape index (κ3) is 3.66. The molecule has 1 heterocycles. The van der Waals surface area contributed by atoms with Gasteiger partial charge in [-0.3, -0.25) is 9.59 Å². The van der Waals surface area contributed by atoms with Crippen molar-refractivity contribution < 1.29 is 9.59 Å². The minimum Gasteiger partial charge on any atom is -0.352 e. The second kappa shape index (κ2) is 7.59. The zero-order chi connectivity index (χ0) is 16.9. The number of amides is 2. The zero-order valence-electron chi connectivity index (χ0n) is 13.4. The molecule has 4 N–H and O–H groups in total. The Balaban J connectivity index is 1.69. The van der Waals surface area contributed by atoms with Gasteiger partial charge in [0, 0.05) is 12.1 Å². The Hall–Kier alpha value is -2.18. The number of rotatable bonds is 6. The number of carbonyl (C=O) groups excluding carboxylic acids is 2. The van der Waals surface area contributed by atoms with Crippen LogP contribution in [-0.2, 0) is 12.8 Å². The number of nitrogens with two attached hydrogens (primary N) is 1. The molecule has 0 atom stereocenters. The maximum Gasteiger partial charge on any atom is 0.256 e. The second-order valence-corrected chi connectivity index (χ2v) is 6.77. The molecule has 0 spiro atoms. The Labute approximate surface area is 145 Å². The highest BCUT2D eigenvalue weighted by Gasteiger charge is 2.17. The van der Waals surface area contributed by atoms with Crippen molar-refractivity contribution in [2.45, 2.75) is 25.7 Å². The quantitative estimate of drug-likeness (QED) is 0.705. The molecule has 2 aromatic rings. The van der Waals surface area contributed by atoms with Gasteiger partial charge in [0.05, 0.1) is 5.56 Å². The largest absolute Gasteiger partial charge is 0.352 e. The highest BCUT2D eigenvalue weighted by molar-refractivity contribution is 7.14. The molecule has 2 amide bonds. The van der Waals surface area contributed by atoms with E-state index in [1.807, 2.05) is 18.2 Å². The molecule has 0 bridgehead atoms. The van der Waals surface area contributed by atoms with Crippen LogP contribution in [0, 0.1) is 0 Å². The number of hydrogen-bond acceptors (Lipinski definition) is 4. The summed E-state index contributed by atoms with van der Waals surface area (Å²) in [5.41, 5.74) is 9.15. The van der Waals surface area contributed by atoms with Crippen LogP contribution in [0.1, 0.15) is 44.7 Å². The van der Waals surface area contributed by atoms with Crippen molar-refractivity contribution in [3.05, 3.63) is 51.9 Å². The SMILES string of the molecule is NCCCNC(=O)c1ccsc1NC(=O)c1ccc2c(c1)CCC2. The Bertz CT molecular complexity index is 754. The molecule has 3 rings (SSSR count). The van der Waals surface area contributed by atoms with E-state index in [0.29, 0.717) is 29.2 Å². The Morgan fingerprint density at radius 2 is 1.96 bits per heavy atom. The van der Waals surface area contributed by atoms with Crippen molar-refractivity contribution in [1.29, 1.82) is 0 Å². The molecule has 1 aliphatic rings. The smallest absolute Gasteiger partial charge is 0.256 e. The number of fused-ring (bicyclic) bond motifs is 1. The molecule has 1 aromatic carbocycles. The van der Waals surface area contributed by atoms with Crippen molar-refractivity contribution in [1.82, 2.24) is 5.32 Å². The van der Waals surface area contributed by atoms with Crippen LogP contribution in [0.25, 0.3) is 0 Å². The lowest BCUT2D eigenvalue weighted by Gasteiger charge is -2.08. The predicted octanol–water partition coefficient (Wildman–Crippen LogP) is 2.57. The third-order valence-electron chi connectivity index (χ3n) is 4.16. The molecule has 0 radical (unpaired) electrons. The van der Waals surface area contributed by atoms with Crippen LogP contribution in [0.3, 0.4) is 0 Å². The first kappa shape index (κ1) is 16.7. The van der Waals surface area contributed by atoms with Crippen molar-refractivity contribution in [2.24, 2.45) is 5.73 Å². The first-order valence-corrected chi connectivity index (χ1v) is 9.06. The van der Waals surface area contributed by atoms with Gasteiger partial charge in [0.1, 0.15) is 5.00 Å². The van der Waals surface area contributed by atoms with Crippen LogP contribution in [-0.4, -0.2) is 24.9 Å². The van der Waals surface area contributed by atoms with Crippen molar-refractivity contribution >= 4 is 28.2 Å². The molecule has 0 saturated carbocycles. The predicted molar refractivity (Wildman–Crippen MR) is 96.7 cm³/mol. The van der Waals surface area contributed by atoms with E-state index in [9.17, 15) is 9.59 Å². The topological polar surface area (TPSA) is 84.2 Å². The van der Waals surface area contributed by atoms with Crippen LogP contribution in [0.5, 0.6) is 0 Å². The Morgan fingerprint density at radius 3 is 2.79 bits per heavy atom. The van der Waals surface area contributed by atoms with Crippen molar-refractivity contribution in [3.63, 3.8) is 0 Å². The van der Waals surface area contributed by atoms with E-state index in [1.54, 1.807) is 11.4 Å². The standard InChI is InChI=1S/C18H21N3O2S/c19-8-2-9-20-17(23)15-7-10-24-18(15)21-16(22)14-6-5-12-3-1-4-13(12)11-14/h5-7,10-11H,1-4,8-9,19H2,(H,20,23)(H,21,22). The summed E-state index contributed by atoms with van der Waals surface area (Å²) in [6.45, 7) is 1.06. The highest BCUT2D eigenvalue weighted by atomic mass is 32.1. The van der Waals surface area contributed by atoms with Gasteiger partial charge in [0.25, 0.3) is 11.8 Å². The van der Waals surface area contributed by atoms with E-state index >= 15 is 0 Å². The summed E-state index contributed by atoms with van der Waals surface area (Å²) in [6, 6.07) is 7.58. The minimum atomic E-state index is -0.186. The van der Waals surface area contributed by atoms with Gasteiger partial charge in [-0.15, -0.1) is 11.3 Å². The summed E-state index contributed by atoms with van der Waals surface area (Å²) in [7, 11) is 0. The number of hydrogen-bond donors (Lipinski definition) is 3. The molecule has 1 aromatic heterocycles. The van der Waals surface area contributed by atoms with Crippen LogP contribution in [0.2, 0.25) is 0 Å². The molecular formula is C18H21N3O2S. The molecule has 0 aliphatic heterocycles. The van der Waals surface area contributed by atoms with Gasteiger partial charge < -0.3 is 16.4 Å². The van der Waals surface area contributed by atoms with Gasteiger partial charge in [-0.25, -0.2) is 0 Å². The first-order chi connectivity index (χ1) is 11.7. The summed E-state index contributed by atoms with van der Waals surface area (Å²) in [4.78, 5) is 24.7. The fourth-order valence-electron chi connectivity index (χ4n) is 2.87. The van der Waals surface area contributed by atoms with Crippen LogP contribution >= 0.6 is 11.3 Å². The fraction of sp³-hybridized carbons (Fsp3) is 0.333. The van der Waals surface area contributed by atoms with Gasteiger partial charge in [0.15, 0.2) is 0 Å². The molecular weight excluding hydrogens is 322 g/mol. The Morgan fingerprint density at radius 1 is 1.12 bits per heavy atom. The monoisotopic (exact) mass is 343 g/mol. The molecule has 24 heavy (non-hydrogen) atoms. The summed E-state index contributed by atoms with van der Waals surface area (Å²) in [5, 5.41) is 8.05. The van der Waals surface area contributed by atoms with Gasteiger partial charge in [-0.1, -0.05) is 6.07 Å². The molecule has 0 saturated heterocycles. The maximum absolute atomic E-state index is 12.5. The van der Waals surface area contributed by atoms with Crippen molar-refractivity contribution in [3.8, 4) is 0 Å². The number of aryl methyl sites for hydroxylation is 2. The lowest BCUT2D eigenvalue weighted by atomic mass is 10.1. The number of benzene rings is 1. The lowest BCUT2D eigenvalue weighted by Crippen LogP contribution is -2.26. The van der Waals surface area contributed by atoms with E-state index in [-0.39, 0.29) is 11.8 Å². The van der Waals surface area contributed by atoms with Gasteiger partial charge >= 0.3 is 0 Å². The number of nitrogens with one attached hydrogen (secondary N) is 2. The number of anilines is 1. The molecule has 0 unspecified atom stereocenters. The second-order valence-electron chi connectivity index (χ2n) is 5.85. The Kier molecular flexibility index (Phi) is 5.27. The summed E-state index contributed by atoms with van der Waals surface area (Å²) >= 11 is 1.35. The lowest BCUT2D eigenvalue weighted by molar-refractivity contribution is 0.0954. The van der Waals surface area contributed by atoms with E-state index in [1.165, 1.54) is 22.5 Å². The zero-order valence-corrected chi connectivity index (χ0v) is 14.2. The van der Waals surface area contributed by atoms with Crippen LogP contribution in [0.4, 0.5) is 5.00 Å². The summed E-state index contributed by atoms with van der Waals surface area (Å²) in [6.07, 6.45) is 4.00. The maximum atomic E-state index is 12.5. The summed E-state index contributed by atoms with van der Waals surface area (Å²) in [5.74, 6) is -0.364. The minimum absolute atomic E-state index is 0.178. The van der Waals surface area contributed by atoms with E-state index in [0.717, 1.165) is 25.7 Å². The van der Waals surface area contributed by atoms with E-state index in [4.69, 9.17) is 5.73 Å². The average molecular weight is 343 g/mol. The number of thiophene rings is 1. The van der Waals surface area contributed by atoms with Gasteiger partial charge in [-0.05, 0) is 66.9 Å². The molecule has 6 heteroatoms. The molecule has 1 aliphatic carbocycles. The molecule has 5 nitrogen and oxygen atoms in total. The third-order valence-corrected chi connectivity index (χ3v) is 4.99.